The molecule has 2 heterocycles. The van der Waals surface area contributed by atoms with Gasteiger partial charge >= 0.3 is 5.97 Å². The van der Waals surface area contributed by atoms with Crippen LogP contribution in [0.1, 0.15) is 15.2 Å². The summed E-state index contributed by atoms with van der Waals surface area (Å²) in [5.74, 6) is -0.911. The summed E-state index contributed by atoms with van der Waals surface area (Å²) in [4.78, 5) is 16.4. The van der Waals surface area contributed by atoms with Crippen molar-refractivity contribution in [3.63, 3.8) is 0 Å². The summed E-state index contributed by atoms with van der Waals surface area (Å²) in [5, 5.41) is 12.1. The molecule has 1 aromatic carbocycles. The molecule has 5 heteroatoms. The van der Waals surface area contributed by atoms with Crippen LogP contribution in [-0.4, -0.2) is 16.1 Å². The molecule has 0 saturated heterocycles. The Hall–Kier alpha value is -2.92. The average Bonchev–Trinajstić information content (AvgIpc) is 3.07. The van der Waals surface area contributed by atoms with Crippen LogP contribution in [0.3, 0.4) is 0 Å². The minimum absolute atomic E-state index is 0.315. The van der Waals surface area contributed by atoms with E-state index in [1.165, 1.54) is 11.3 Å². The molecule has 0 radical (unpaired) electrons. The molecule has 0 fully saturated rings. The third-order valence-electron chi connectivity index (χ3n) is 3.16. The average molecular weight is 322 g/mol. The molecule has 2 aromatic heterocycles. The van der Waals surface area contributed by atoms with E-state index in [2.05, 4.69) is 10.3 Å². The Morgan fingerprint density at radius 2 is 1.91 bits per heavy atom. The van der Waals surface area contributed by atoms with Crippen molar-refractivity contribution in [2.75, 3.05) is 5.32 Å². The Balaban J connectivity index is 1.67. The first kappa shape index (κ1) is 15.0. The van der Waals surface area contributed by atoms with Gasteiger partial charge in [-0.15, -0.1) is 11.3 Å². The van der Waals surface area contributed by atoms with E-state index < -0.39 is 5.97 Å². The van der Waals surface area contributed by atoms with Gasteiger partial charge in [-0.1, -0.05) is 30.3 Å². The second-order valence-electron chi connectivity index (χ2n) is 4.79. The molecule has 0 saturated carbocycles. The normalized spacial score (nSPS) is 10.8. The Morgan fingerprint density at radius 1 is 1.09 bits per heavy atom. The number of benzene rings is 1. The molecule has 114 valence electrons. The Labute approximate surface area is 137 Å². The second-order valence-corrected chi connectivity index (χ2v) is 5.87. The van der Waals surface area contributed by atoms with Gasteiger partial charge in [0.15, 0.2) is 0 Å². The van der Waals surface area contributed by atoms with E-state index >= 15 is 0 Å². The highest BCUT2D eigenvalue weighted by Crippen LogP contribution is 2.27. The highest BCUT2D eigenvalue weighted by atomic mass is 32.1. The Kier molecular flexibility index (Phi) is 4.49. The van der Waals surface area contributed by atoms with E-state index in [-0.39, 0.29) is 0 Å². The Bertz CT molecular complexity index is 824. The van der Waals surface area contributed by atoms with Gasteiger partial charge in [-0.3, -0.25) is 4.98 Å². The first-order valence-electron chi connectivity index (χ1n) is 7.00. The number of nitrogens with zero attached hydrogens (tertiary/aromatic N) is 1. The fourth-order valence-corrected chi connectivity index (χ4v) is 2.84. The van der Waals surface area contributed by atoms with E-state index in [4.69, 9.17) is 5.11 Å². The highest BCUT2D eigenvalue weighted by molar-refractivity contribution is 7.17. The van der Waals surface area contributed by atoms with Gasteiger partial charge in [-0.2, -0.15) is 0 Å². The zero-order chi connectivity index (χ0) is 16.1. The molecule has 0 unspecified atom stereocenters. The van der Waals surface area contributed by atoms with Crippen molar-refractivity contribution in [2.24, 2.45) is 0 Å². The monoisotopic (exact) mass is 322 g/mol. The number of aromatic carboxylic acids is 1. The zero-order valence-electron chi connectivity index (χ0n) is 12.1. The number of hydrogen-bond donors (Lipinski definition) is 2. The predicted molar refractivity (Wildman–Crippen MR) is 93.6 cm³/mol. The number of hydrogen-bond acceptors (Lipinski definition) is 4. The van der Waals surface area contributed by atoms with E-state index in [0.717, 1.165) is 21.8 Å². The molecular weight excluding hydrogens is 308 g/mol. The molecule has 0 aliphatic rings. The number of rotatable bonds is 5. The number of pyridine rings is 1. The third kappa shape index (κ3) is 3.84. The lowest BCUT2D eigenvalue weighted by atomic mass is 10.2. The minimum atomic E-state index is -0.911. The van der Waals surface area contributed by atoms with Crippen molar-refractivity contribution in [1.82, 2.24) is 4.98 Å². The predicted octanol–water partition coefficient (Wildman–Crippen LogP) is 4.59. The van der Waals surface area contributed by atoms with Gasteiger partial charge < -0.3 is 10.4 Å². The summed E-state index contributed by atoms with van der Waals surface area (Å²) in [7, 11) is 0. The molecule has 3 rings (SSSR count). The highest BCUT2D eigenvalue weighted by Gasteiger charge is 2.08. The number of thiophene rings is 1. The van der Waals surface area contributed by atoms with Crippen molar-refractivity contribution in [2.45, 2.75) is 0 Å². The molecule has 23 heavy (non-hydrogen) atoms. The van der Waals surface area contributed by atoms with Crippen molar-refractivity contribution >= 4 is 29.1 Å². The number of nitrogens with one attached hydrogen (secondary N) is 1. The maximum Gasteiger partial charge on any atom is 0.345 e. The molecule has 0 bridgehead atoms. The fourth-order valence-electron chi connectivity index (χ4n) is 2.01. The first-order chi connectivity index (χ1) is 11.2. The van der Waals surface area contributed by atoms with Gasteiger partial charge in [0.05, 0.1) is 22.5 Å². The quantitative estimate of drug-likeness (QED) is 0.721. The summed E-state index contributed by atoms with van der Waals surface area (Å²) in [6.45, 7) is 0. The van der Waals surface area contributed by atoms with Crippen LogP contribution in [-0.2, 0) is 0 Å². The Morgan fingerprint density at radius 3 is 2.57 bits per heavy atom. The zero-order valence-corrected chi connectivity index (χ0v) is 13.0. The molecule has 4 nitrogen and oxygen atoms in total. The number of anilines is 1. The van der Waals surface area contributed by atoms with Gasteiger partial charge in [0.25, 0.3) is 0 Å². The smallest absolute Gasteiger partial charge is 0.345 e. The topological polar surface area (TPSA) is 62.2 Å². The van der Waals surface area contributed by atoms with Crippen LogP contribution < -0.4 is 5.32 Å². The minimum Gasteiger partial charge on any atom is -0.477 e. The third-order valence-corrected chi connectivity index (χ3v) is 4.25. The maximum absolute atomic E-state index is 10.9. The van der Waals surface area contributed by atoms with Crippen LogP contribution in [0.5, 0.6) is 0 Å². The summed E-state index contributed by atoms with van der Waals surface area (Å²) in [6, 6.07) is 17.2. The van der Waals surface area contributed by atoms with Crippen LogP contribution >= 0.6 is 11.3 Å². The molecule has 3 aromatic rings. The molecule has 0 aliphatic carbocycles. The molecule has 2 N–H and O–H groups in total. The lowest BCUT2D eigenvalue weighted by molar-refractivity contribution is 0.0702. The summed E-state index contributed by atoms with van der Waals surface area (Å²) < 4.78 is 0. The van der Waals surface area contributed by atoms with E-state index in [1.54, 1.807) is 18.3 Å². The standard InChI is InChI=1S/C18H14N2O2S/c21-18(22)17-9-8-16(23-17)15-7-6-14(12-20-15)19-11-10-13-4-2-1-3-5-13/h1-12,19H,(H,21,22). The molecule has 0 spiro atoms. The van der Waals surface area contributed by atoms with Gasteiger partial charge in [-0.05, 0) is 35.9 Å². The SMILES string of the molecule is O=C(O)c1ccc(-c2ccc(NC=Cc3ccccc3)cn2)s1. The molecular formula is C18H14N2O2S. The van der Waals surface area contributed by atoms with Gasteiger partial charge in [0.2, 0.25) is 0 Å². The maximum atomic E-state index is 10.9. The summed E-state index contributed by atoms with van der Waals surface area (Å²) in [6.07, 6.45) is 5.57. The van der Waals surface area contributed by atoms with Crippen LogP contribution in [0, 0.1) is 0 Å². The van der Waals surface area contributed by atoms with Crippen molar-refractivity contribution in [3.8, 4) is 10.6 Å². The first-order valence-corrected chi connectivity index (χ1v) is 7.82. The number of carboxylic acids is 1. The molecule has 0 aliphatic heterocycles. The van der Waals surface area contributed by atoms with Crippen molar-refractivity contribution < 1.29 is 9.90 Å². The fraction of sp³-hybridized carbons (Fsp3) is 0. The van der Waals surface area contributed by atoms with Crippen molar-refractivity contribution in [1.29, 1.82) is 0 Å². The van der Waals surface area contributed by atoms with Crippen LogP contribution in [0.2, 0.25) is 0 Å². The summed E-state index contributed by atoms with van der Waals surface area (Å²) in [5.41, 5.74) is 2.75. The molecule has 0 amide bonds. The van der Waals surface area contributed by atoms with Crippen LogP contribution in [0.4, 0.5) is 5.69 Å². The molecule has 0 atom stereocenters. The van der Waals surface area contributed by atoms with Crippen LogP contribution in [0.25, 0.3) is 16.6 Å². The number of carbonyl (C=O) groups is 1. The van der Waals surface area contributed by atoms with Gasteiger partial charge in [0, 0.05) is 6.20 Å². The number of carboxylic acid groups (broad SMARTS) is 1. The van der Waals surface area contributed by atoms with Crippen molar-refractivity contribution in [3.05, 3.63) is 77.4 Å². The lowest BCUT2D eigenvalue weighted by Gasteiger charge is -2.02. The van der Waals surface area contributed by atoms with E-state index in [9.17, 15) is 4.79 Å². The van der Waals surface area contributed by atoms with Gasteiger partial charge in [0.1, 0.15) is 4.88 Å². The summed E-state index contributed by atoms with van der Waals surface area (Å²) >= 11 is 1.22. The van der Waals surface area contributed by atoms with Gasteiger partial charge in [-0.25, -0.2) is 4.79 Å². The van der Waals surface area contributed by atoms with E-state index in [1.807, 2.05) is 54.7 Å². The lowest BCUT2D eigenvalue weighted by Crippen LogP contribution is -1.90. The second kappa shape index (κ2) is 6.89. The van der Waals surface area contributed by atoms with E-state index in [0.29, 0.717) is 4.88 Å². The number of aromatic nitrogens is 1. The largest absolute Gasteiger partial charge is 0.477 e. The van der Waals surface area contributed by atoms with Crippen LogP contribution in [0.15, 0.2) is 67.0 Å².